The Balaban J connectivity index is 1.66. The highest BCUT2D eigenvalue weighted by atomic mass is 32.1. The number of aromatic nitrogens is 2. The molecule has 1 fully saturated rings. The number of hydrogen-bond donors (Lipinski definition) is 3. The summed E-state index contributed by atoms with van der Waals surface area (Å²) in [5.41, 5.74) is 6.30. The summed E-state index contributed by atoms with van der Waals surface area (Å²) in [5.74, 6) is 0.434. The van der Waals surface area contributed by atoms with Crippen molar-refractivity contribution in [2.24, 2.45) is 0 Å². The van der Waals surface area contributed by atoms with Crippen LogP contribution in [0.15, 0.2) is 11.6 Å². The van der Waals surface area contributed by atoms with Crippen molar-refractivity contribution in [3.8, 4) is 0 Å². The van der Waals surface area contributed by atoms with E-state index < -0.39 is 0 Å². The molecule has 0 aromatic carbocycles. The third-order valence-electron chi connectivity index (χ3n) is 3.30. The van der Waals surface area contributed by atoms with Crippen LogP contribution < -0.4 is 16.4 Å². The van der Waals surface area contributed by atoms with Crippen LogP contribution in [0.1, 0.15) is 41.0 Å². The second-order valence-corrected chi connectivity index (χ2v) is 6.87. The summed E-state index contributed by atoms with van der Waals surface area (Å²) >= 11 is 2.86. The van der Waals surface area contributed by atoms with Gasteiger partial charge in [0.25, 0.3) is 5.91 Å². The molecule has 21 heavy (non-hydrogen) atoms. The van der Waals surface area contributed by atoms with E-state index in [-0.39, 0.29) is 11.8 Å². The summed E-state index contributed by atoms with van der Waals surface area (Å²) in [5, 5.41) is 10.00. The Hall–Kier alpha value is -1.67. The van der Waals surface area contributed by atoms with Gasteiger partial charge in [0.1, 0.15) is 10.6 Å². The number of thiazole rings is 1. The lowest BCUT2D eigenvalue weighted by Gasteiger charge is -2.11. The van der Waals surface area contributed by atoms with Gasteiger partial charge in [-0.2, -0.15) is 4.37 Å². The van der Waals surface area contributed by atoms with E-state index >= 15 is 0 Å². The van der Waals surface area contributed by atoms with E-state index in [2.05, 4.69) is 26.9 Å². The van der Waals surface area contributed by atoms with Crippen molar-refractivity contribution in [2.45, 2.75) is 31.7 Å². The molecule has 1 atom stereocenters. The summed E-state index contributed by atoms with van der Waals surface area (Å²) in [6, 6.07) is 0.305. The Morgan fingerprint density at radius 3 is 3.05 bits per heavy atom. The number of anilines is 2. The number of carbonyl (C=O) groups is 1. The predicted octanol–water partition coefficient (Wildman–Crippen LogP) is 2.29. The Labute approximate surface area is 130 Å². The van der Waals surface area contributed by atoms with Crippen LogP contribution in [0.3, 0.4) is 0 Å². The molecule has 4 N–H and O–H groups in total. The first kappa shape index (κ1) is 14.3. The van der Waals surface area contributed by atoms with E-state index in [0.29, 0.717) is 24.0 Å². The molecular weight excluding hydrogens is 306 g/mol. The summed E-state index contributed by atoms with van der Waals surface area (Å²) in [4.78, 5) is 16.5. The Bertz CT molecular complexity index is 621. The fourth-order valence-corrected chi connectivity index (χ4v) is 3.35. The number of hydrogen-bond acceptors (Lipinski definition) is 7. The molecule has 0 spiro atoms. The molecule has 112 valence electrons. The lowest BCUT2D eigenvalue weighted by molar-refractivity contribution is 0.0953. The largest absolute Gasteiger partial charge is 0.382 e. The van der Waals surface area contributed by atoms with Crippen LogP contribution in [0.5, 0.6) is 0 Å². The fourth-order valence-electron chi connectivity index (χ4n) is 1.94. The molecule has 1 saturated carbocycles. The standard InChI is InChI=1S/C13H17N5OS2/c1-7(12-15-4-5-20-12)6-16-13-9(10(14)18-21-13)11(19)17-8-2-3-8/h4-5,7-8,16H,2-3,6H2,1H3,(H2,14,18)(H,17,19). The van der Waals surface area contributed by atoms with Crippen LogP contribution >= 0.6 is 22.9 Å². The highest BCUT2D eigenvalue weighted by Crippen LogP contribution is 2.29. The monoisotopic (exact) mass is 323 g/mol. The van der Waals surface area contributed by atoms with Gasteiger partial charge in [-0.15, -0.1) is 11.3 Å². The summed E-state index contributed by atoms with van der Waals surface area (Å²) < 4.78 is 4.09. The summed E-state index contributed by atoms with van der Waals surface area (Å²) in [7, 11) is 0. The van der Waals surface area contributed by atoms with Gasteiger partial charge in [-0.1, -0.05) is 6.92 Å². The number of nitrogens with zero attached hydrogens (tertiary/aromatic N) is 2. The second kappa shape index (κ2) is 5.98. The zero-order valence-corrected chi connectivity index (χ0v) is 13.3. The van der Waals surface area contributed by atoms with E-state index in [1.54, 1.807) is 17.5 Å². The van der Waals surface area contributed by atoms with Gasteiger partial charge in [0.05, 0.1) is 5.01 Å². The van der Waals surface area contributed by atoms with Crippen molar-refractivity contribution in [1.29, 1.82) is 0 Å². The minimum atomic E-state index is -0.131. The van der Waals surface area contributed by atoms with Gasteiger partial charge < -0.3 is 16.4 Å². The molecular formula is C13H17N5OS2. The molecule has 0 radical (unpaired) electrons. The molecule has 2 aromatic heterocycles. The Kier molecular flexibility index (Phi) is 4.07. The van der Waals surface area contributed by atoms with Gasteiger partial charge in [-0.05, 0) is 24.4 Å². The highest BCUT2D eigenvalue weighted by Gasteiger charge is 2.27. The second-order valence-electron chi connectivity index (χ2n) is 5.17. The summed E-state index contributed by atoms with van der Waals surface area (Å²) in [6.45, 7) is 2.79. The number of carbonyl (C=O) groups excluding carboxylic acids is 1. The van der Waals surface area contributed by atoms with Crippen LogP contribution in [0, 0.1) is 0 Å². The molecule has 2 heterocycles. The fraction of sp³-hybridized carbons (Fsp3) is 0.462. The van der Waals surface area contributed by atoms with Crippen LogP contribution in [0.4, 0.5) is 10.8 Å². The van der Waals surface area contributed by atoms with Gasteiger partial charge in [0.15, 0.2) is 5.82 Å². The van der Waals surface area contributed by atoms with Gasteiger partial charge >= 0.3 is 0 Å². The maximum atomic E-state index is 12.2. The van der Waals surface area contributed by atoms with Crippen LogP contribution in [0.2, 0.25) is 0 Å². The molecule has 1 aliphatic rings. The average Bonchev–Trinajstić information content (AvgIpc) is 2.98. The quantitative estimate of drug-likeness (QED) is 0.758. The zero-order valence-electron chi connectivity index (χ0n) is 11.6. The Morgan fingerprint density at radius 1 is 1.57 bits per heavy atom. The third-order valence-corrected chi connectivity index (χ3v) is 5.13. The average molecular weight is 323 g/mol. The van der Waals surface area contributed by atoms with E-state index in [1.807, 2.05) is 5.38 Å². The van der Waals surface area contributed by atoms with Gasteiger partial charge in [-0.25, -0.2) is 4.98 Å². The first-order chi connectivity index (χ1) is 10.1. The number of nitrogens with two attached hydrogens (primary N) is 1. The smallest absolute Gasteiger partial charge is 0.258 e. The first-order valence-electron chi connectivity index (χ1n) is 6.84. The Morgan fingerprint density at radius 2 is 2.38 bits per heavy atom. The minimum Gasteiger partial charge on any atom is -0.382 e. The van der Waals surface area contributed by atoms with Gasteiger partial charge in [0, 0.05) is 30.1 Å². The van der Waals surface area contributed by atoms with E-state index in [0.717, 1.165) is 22.9 Å². The van der Waals surface area contributed by atoms with E-state index in [9.17, 15) is 4.79 Å². The third kappa shape index (κ3) is 3.33. The van der Waals surface area contributed by atoms with Crippen LogP contribution in [-0.4, -0.2) is 27.9 Å². The normalized spacial score (nSPS) is 15.7. The van der Waals surface area contributed by atoms with Crippen molar-refractivity contribution in [3.05, 3.63) is 22.1 Å². The zero-order chi connectivity index (χ0) is 14.8. The minimum absolute atomic E-state index is 0.131. The molecule has 1 amide bonds. The van der Waals surface area contributed by atoms with Crippen molar-refractivity contribution in [2.75, 3.05) is 17.6 Å². The number of nitrogen functional groups attached to an aromatic ring is 1. The summed E-state index contributed by atoms with van der Waals surface area (Å²) in [6.07, 6.45) is 3.90. The van der Waals surface area contributed by atoms with Gasteiger partial charge in [-0.3, -0.25) is 4.79 Å². The maximum Gasteiger partial charge on any atom is 0.258 e. The molecule has 2 aromatic rings. The van der Waals surface area contributed by atoms with Crippen molar-refractivity contribution >= 4 is 39.6 Å². The number of rotatable bonds is 6. The molecule has 0 aliphatic heterocycles. The molecule has 8 heteroatoms. The van der Waals surface area contributed by atoms with Crippen LogP contribution in [-0.2, 0) is 0 Å². The SMILES string of the molecule is CC(CNc1snc(N)c1C(=O)NC1CC1)c1nccs1. The lowest BCUT2D eigenvalue weighted by Crippen LogP contribution is -2.26. The maximum absolute atomic E-state index is 12.2. The molecule has 1 aliphatic carbocycles. The molecule has 6 nitrogen and oxygen atoms in total. The van der Waals surface area contributed by atoms with Crippen molar-refractivity contribution in [1.82, 2.24) is 14.7 Å². The number of amides is 1. The molecule has 3 rings (SSSR count). The number of nitrogens with one attached hydrogen (secondary N) is 2. The highest BCUT2D eigenvalue weighted by molar-refractivity contribution is 7.11. The first-order valence-corrected chi connectivity index (χ1v) is 8.49. The lowest BCUT2D eigenvalue weighted by atomic mass is 10.2. The molecule has 0 bridgehead atoms. The predicted molar refractivity (Wildman–Crippen MR) is 86.0 cm³/mol. The van der Waals surface area contributed by atoms with Crippen molar-refractivity contribution in [3.63, 3.8) is 0 Å². The molecule has 1 unspecified atom stereocenters. The topological polar surface area (TPSA) is 92.9 Å². The van der Waals surface area contributed by atoms with Crippen LogP contribution in [0.25, 0.3) is 0 Å². The molecule has 0 saturated heterocycles. The van der Waals surface area contributed by atoms with E-state index in [1.165, 1.54) is 11.5 Å². The van der Waals surface area contributed by atoms with E-state index in [4.69, 9.17) is 5.73 Å². The van der Waals surface area contributed by atoms with Gasteiger partial charge in [0.2, 0.25) is 0 Å². The van der Waals surface area contributed by atoms with Crippen molar-refractivity contribution < 1.29 is 4.79 Å².